The van der Waals surface area contributed by atoms with Gasteiger partial charge in [0.2, 0.25) is 0 Å². The maximum Gasteiger partial charge on any atom is 0.338 e. The molecule has 3 rings (SSSR count). The van der Waals surface area contributed by atoms with E-state index in [1.807, 2.05) is 18.2 Å². The Balaban J connectivity index is 1.67. The van der Waals surface area contributed by atoms with E-state index in [1.165, 1.54) is 42.5 Å². The lowest BCUT2D eigenvalue weighted by atomic mass is 10.00. The average Bonchev–Trinajstić information content (AvgIpc) is 2.79. The van der Waals surface area contributed by atoms with Gasteiger partial charge in [0, 0.05) is 12.1 Å². The number of non-ortho nitro benzene ring substituents is 1. The first-order valence-electron chi connectivity index (χ1n) is 9.58. The first-order valence-corrected chi connectivity index (χ1v) is 9.58. The fourth-order valence-electron chi connectivity index (χ4n) is 2.88. The number of ether oxygens (including phenoxy) is 2. The second kappa shape index (κ2) is 10.2. The molecule has 0 spiro atoms. The van der Waals surface area contributed by atoms with Crippen LogP contribution in [0.2, 0.25) is 0 Å². The normalized spacial score (nSPS) is 11.4. The Labute approximate surface area is 183 Å². The number of rotatable bonds is 8. The van der Waals surface area contributed by atoms with Crippen LogP contribution in [0.1, 0.15) is 21.5 Å². The van der Waals surface area contributed by atoms with Crippen LogP contribution in [0.3, 0.4) is 0 Å². The third kappa shape index (κ3) is 5.89. The highest BCUT2D eigenvalue weighted by molar-refractivity contribution is 5.92. The minimum Gasteiger partial charge on any atom is -0.508 e. The maximum atomic E-state index is 12.6. The Morgan fingerprint density at radius 2 is 1.72 bits per heavy atom. The minimum absolute atomic E-state index is 0.0447. The van der Waals surface area contributed by atoms with Crippen LogP contribution in [0.4, 0.5) is 5.69 Å². The number of phenols is 1. The highest BCUT2D eigenvalue weighted by Crippen LogP contribution is 2.21. The predicted molar refractivity (Wildman–Crippen MR) is 114 cm³/mol. The number of carbonyl (C=O) groups is 2. The Bertz CT molecular complexity index is 1110. The summed E-state index contributed by atoms with van der Waals surface area (Å²) in [5.74, 6) is -1.49. The quantitative estimate of drug-likeness (QED) is 0.237. The number of nitro benzene ring substituents is 1. The van der Waals surface area contributed by atoms with Crippen LogP contribution in [-0.4, -0.2) is 28.0 Å². The summed E-state index contributed by atoms with van der Waals surface area (Å²) in [5.41, 5.74) is 7.09. The molecule has 0 aliphatic carbocycles. The van der Waals surface area contributed by atoms with E-state index in [0.29, 0.717) is 5.56 Å². The van der Waals surface area contributed by atoms with Crippen LogP contribution < -0.4 is 10.5 Å². The van der Waals surface area contributed by atoms with Gasteiger partial charge in [-0.25, -0.2) is 9.59 Å². The summed E-state index contributed by atoms with van der Waals surface area (Å²) in [6, 6.07) is 17.0. The number of phenolic OH excluding ortho intramolecular Hbond substituents is 1. The van der Waals surface area contributed by atoms with E-state index >= 15 is 0 Å². The van der Waals surface area contributed by atoms with Crippen LogP contribution in [0.5, 0.6) is 11.5 Å². The molecule has 0 radical (unpaired) electrons. The fraction of sp³-hybridized carbons (Fsp3) is 0.130. The molecule has 0 saturated heterocycles. The van der Waals surface area contributed by atoms with Gasteiger partial charge in [-0.1, -0.05) is 36.4 Å². The van der Waals surface area contributed by atoms with Crippen molar-refractivity contribution in [3.05, 3.63) is 99.6 Å². The molecular formula is C23H20N2O7. The van der Waals surface area contributed by atoms with Crippen molar-refractivity contribution in [2.75, 3.05) is 0 Å². The predicted octanol–water partition coefficient (Wildman–Crippen LogP) is 3.13. The van der Waals surface area contributed by atoms with Gasteiger partial charge in [-0.05, 0) is 41.8 Å². The lowest BCUT2D eigenvalue weighted by molar-refractivity contribution is -0.384. The summed E-state index contributed by atoms with van der Waals surface area (Å²) < 4.78 is 10.5. The lowest BCUT2D eigenvalue weighted by Gasteiger charge is -2.14. The number of hydrogen-bond acceptors (Lipinski definition) is 8. The molecule has 32 heavy (non-hydrogen) atoms. The number of aromatic hydroxyl groups is 1. The average molecular weight is 436 g/mol. The van der Waals surface area contributed by atoms with Crippen molar-refractivity contribution < 1.29 is 29.1 Å². The summed E-state index contributed by atoms with van der Waals surface area (Å²) in [6.07, 6.45) is -0.0537. The van der Waals surface area contributed by atoms with E-state index in [1.54, 1.807) is 12.1 Å². The third-order valence-corrected chi connectivity index (χ3v) is 4.53. The van der Waals surface area contributed by atoms with Crippen LogP contribution in [0.25, 0.3) is 0 Å². The number of nitro groups is 1. The summed E-state index contributed by atoms with van der Waals surface area (Å²) in [5, 5.41) is 20.5. The van der Waals surface area contributed by atoms with Crippen LogP contribution in [0.15, 0.2) is 72.8 Å². The first kappa shape index (κ1) is 22.4. The molecule has 0 aromatic heterocycles. The zero-order chi connectivity index (χ0) is 23.1. The van der Waals surface area contributed by atoms with Gasteiger partial charge in [0.1, 0.15) is 24.1 Å². The van der Waals surface area contributed by atoms with Crippen molar-refractivity contribution in [1.29, 1.82) is 0 Å². The summed E-state index contributed by atoms with van der Waals surface area (Å²) in [7, 11) is 0. The molecule has 9 heteroatoms. The van der Waals surface area contributed by atoms with Crippen molar-refractivity contribution in [1.82, 2.24) is 0 Å². The standard InChI is InChI=1S/C23H20N2O7/c24-21(23(28)32-19-10-7-17(8-11-19)25(29)30)12-16-6-9-18(26)13-20(16)22(27)31-14-15-4-2-1-3-5-15/h1-11,13,21,26H,12,14,24H2. The fourth-order valence-corrected chi connectivity index (χ4v) is 2.88. The monoisotopic (exact) mass is 436 g/mol. The topological polar surface area (TPSA) is 142 Å². The van der Waals surface area contributed by atoms with Crippen molar-refractivity contribution in [3.8, 4) is 11.5 Å². The Morgan fingerprint density at radius 1 is 1.03 bits per heavy atom. The lowest BCUT2D eigenvalue weighted by Crippen LogP contribution is -2.36. The maximum absolute atomic E-state index is 12.6. The van der Waals surface area contributed by atoms with Gasteiger partial charge in [-0.15, -0.1) is 0 Å². The Kier molecular flexibility index (Phi) is 7.14. The van der Waals surface area contributed by atoms with Gasteiger partial charge in [0.25, 0.3) is 5.69 Å². The molecule has 0 fully saturated rings. The van der Waals surface area contributed by atoms with Gasteiger partial charge in [0.15, 0.2) is 0 Å². The Morgan fingerprint density at radius 3 is 2.38 bits per heavy atom. The molecule has 0 aliphatic heterocycles. The number of esters is 2. The van der Waals surface area contributed by atoms with Gasteiger partial charge < -0.3 is 20.3 Å². The molecule has 3 aromatic carbocycles. The number of carbonyl (C=O) groups excluding carboxylic acids is 2. The summed E-state index contributed by atoms with van der Waals surface area (Å²) >= 11 is 0. The van der Waals surface area contributed by atoms with E-state index in [9.17, 15) is 24.8 Å². The Hall–Kier alpha value is -4.24. The van der Waals surface area contributed by atoms with Gasteiger partial charge in [-0.3, -0.25) is 10.1 Å². The van der Waals surface area contributed by atoms with E-state index < -0.39 is 22.9 Å². The molecule has 0 heterocycles. The number of benzene rings is 3. The smallest absolute Gasteiger partial charge is 0.338 e. The minimum atomic E-state index is -1.13. The number of nitrogens with zero attached hydrogens (tertiary/aromatic N) is 1. The molecule has 0 bridgehead atoms. The highest BCUT2D eigenvalue weighted by atomic mass is 16.6. The van der Waals surface area contributed by atoms with Gasteiger partial charge >= 0.3 is 11.9 Å². The van der Waals surface area contributed by atoms with Crippen molar-refractivity contribution in [2.24, 2.45) is 5.73 Å². The number of hydrogen-bond donors (Lipinski definition) is 2. The zero-order valence-corrected chi connectivity index (χ0v) is 16.8. The van der Waals surface area contributed by atoms with Crippen LogP contribution >= 0.6 is 0 Å². The van der Waals surface area contributed by atoms with E-state index in [2.05, 4.69) is 0 Å². The highest BCUT2D eigenvalue weighted by Gasteiger charge is 2.22. The first-order chi connectivity index (χ1) is 15.3. The SMILES string of the molecule is NC(Cc1ccc(O)cc1C(=O)OCc1ccccc1)C(=O)Oc1ccc([N+](=O)[O-])cc1. The van der Waals surface area contributed by atoms with Crippen molar-refractivity contribution in [2.45, 2.75) is 19.1 Å². The molecule has 0 aliphatic rings. The van der Waals surface area contributed by atoms with Gasteiger partial charge in [-0.2, -0.15) is 0 Å². The molecule has 1 unspecified atom stereocenters. The van der Waals surface area contributed by atoms with Crippen LogP contribution in [-0.2, 0) is 22.6 Å². The molecular weight excluding hydrogens is 416 g/mol. The zero-order valence-electron chi connectivity index (χ0n) is 16.8. The number of nitrogens with two attached hydrogens (primary N) is 1. The molecule has 0 saturated carbocycles. The van der Waals surface area contributed by atoms with E-state index in [0.717, 1.165) is 5.56 Å². The summed E-state index contributed by atoms with van der Waals surface area (Å²) in [4.78, 5) is 35.1. The molecule has 3 aromatic rings. The van der Waals surface area contributed by atoms with E-state index in [-0.39, 0.29) is 35.8 Å². The summed E-state index contributed by atoms with van der Waals surface area (Å²) in [6.45, 7) is 0.0447. The van der Waals surface area contributed by atoms with Crippen molar-refractivity contribution in [3.63, 3.8) is 0 Å². The molecule has 3 N–H and O–H groups in total. The van der Waals surface area contributed by atoms with E-state index in [4.69, 9.17) is 15.2 Å². The second-order valence-corrected chi connectivity index (χ2v) is 6.89. The molecule has 0 amide bonds. The molecule has 1 atom stereocenters. The molecule has 164 valence electrons. The second-order valence-electron chi connectivity index (χ2n) is 6.89. The van der Waals surface area contributed by atoms with Crippen LogP contribution in [0, 0.1) is 10.1 Å². The molecule has 9 nitrogen and oxygen atoms in total. The largest absolute Gasteiger partial charge is 0.508 e. The van der Waals surface area contributed by atoms with Gasteiger partial charge in [0.05, 0.1) is 10.5 Å². The van der Waals surface area contributed by atoms with Crippen molar-refractivity contribution >= 4 is 17.6 Å². The third-order valence-electron chi connectivity index (χ3n) is 4.53.